The number of fused-ring (bicyclic) bond motifs is 2. The molecule has 138 valence electrons. The number of rotatable bonds is 1. The second-order valence-electron chi connectivity index (χ2n) is 6.48. The fourth-order valence-electron chi connectivity index (χ4n) is 3.54. The van der Waals surface area contributed by atoms with Crippen LogP contribution in [0.4, 0.5) is 18.3 Å². The highest BCUT2D eigenvalue weighted by Crippen LogP contribution is 2.37. The molecule has 0 bridgehead atoms. The van der Waals surface area contributed by atoms with E-state index in [0.29, 0.717) is 29.4 Å². The minimum absolute atomic E-state index is 0.0539. The largest absolute Gasteiger partial charge is 0.451 e. The van der Waals surface area contributed by atoms with Crippen molar-refractivity contribution in [1.29, 1.82) is 0 Å². The van der Waals surface area contributed by atoms with E-state index < -0.39 is 12.0 Å². The number of amides is 1. The number of aromatic nitrogens is 3. The van der Waals surface area contributed by atoms with Gasteiger partial charge in [0.05, 0.1) is 17.3 Å². The van der Waals surface area contributed by atoms with Crippen molar-refractivity contribution in [1.82, 2.24) is 19.9 Å². The maximum absolute atomic E-state index is 13.0. The van der Waals surface area contributed by atoms with Gasteiger partial charge in [-0.15, -0.1) is 11.3 Å². The molecule has 6 nitrogen and oxygen atoms in total. The van der Waals surface area contributed by atoms with Crippen molar-refractivity contribution in [2.45, 2.75) is 44.3 Å². The number of hydrogen-bond acceptors (Lipinski definition) is 6. The SMILES string of the molecule is Nc1nc2c(s1)CCCC2C(=O)N1CCc2nc(C(F)(F)F)ncc2C1. The summed E-state index contributed by atoms with van der Waals surface area (Å²) in [5.74, 6) is -1.52. The van der Waals surface area contributed by atoms with Gasteiger partial charge in [-0.3, -0.25) is 4.79 Å². The zero-order valence-electron chi connectivity index (χ0n) is 13.7. The topological polar surface area (TPSA) is 85.0 Å². The fraction of sp³-hybridized carbons (Fsp3) is 0.500. The molecule has 0 saturated heterocycles. The Balaban J connectivity index is 1.55. The molecule has 1 atom stereocenters. The summed E-state index contributed by atoms with van der Waals surface area (Å²) < 4.78 is 38.2. The van der Waals surface area contributed by atoms with Crippen molar-refractivity contribution in [2.24, 2.45) is 0 Å². The van der Waals surface area contributed by atoms with Gasteiger partial charge in [-0.2, -0.15) is 13.2 Å². The van der Waals surface area contributed by atoms with Gasteiger partial charge in [0.15, 0.2) is 5.13 Å². The third-order valence-corrected chi connectivity index (χ3v) is 5.73. The van der Waals surface area contributed by atoms with Crippen LogP contribution in [0.5, 0.6) is 0 Å². The van der Waals surface area contributed by atoms with Gasteiger partial charge in [-0.05, 0) is 19.3 Å². The van der Waals surface area contributed by atoms with Gasteiger partial charge < -0.3 is 10.6 Å². The summed E-state index contributed by atoms with van der Waals surface area (Å²) >= 11 is 1.42. The number of aryl methyl sites for hydroxylation is 1. The van der Waals surface area contributed by atoms with Gasteiger partial charge in [0.2, 0.25) is 11.7 Å². The maximum Gasteiger partial charge on any atom is 0.451 e. The second kappa shape index (κ2) is 6.19. The number of nitrogens with two attached hydrogens (primary N) is 1. The normalized spacial score (nSPS) is 19.8. The van der Waals surface area contributed by atoms with Crippen molar-refractivity contribution in [2.75, 3.05) is 12.3 Å². The highest BCUT2D eigenvalue weighted by atomic mass is 32.1. The lowest BCUT2D eigenvalue weighted by molar-refractivity contribution is -0.145. The van der Waals surface area contributed by atoms with Crippen LogP contribution >= 0.6 is 11.3 Å². The first-order chi connectivity index (χ1) is 12.3. The first-order valence-electron chi connectivity index (χ1n) is 8.29. The Morgan fingerprint density at radius 3 is 2.88 bits per heavy atom. The predicted molar refractivity (Wildman–Crippen MR) is 88.4 cm³/mol. The summed E-state index contributed by atoms with van der Waals surface area (Å²) in [6.07, 6.45) is -0.617. The molecule has 2 aromatic heterocycles. The summed E-state index contributed by atoms with van der Waals surface area (Å²) in [4.78, 5) is 27.1. The third-order valence-electron chi connectivity index (χ3n) is 4.77. The zero-order valence-corrected chi connectivity index (χ0v) is 14.5. The van der Waals surface area contributed by atoms with Crippen LogP contribution in [0.15, 0.2) is 6.20 Å². The van der Waals surface area contributed by atoms with Crippen LogP contribution < -0.4 is 5.73 Å². The summed E-state index contributed by atoms with van der Waals surface area (Å²) in [6.45, 7) is 0.559. The Hall–Kier alpha value is -2.23. The average Bonchev–Trinajstić information content (AvgIpc) is 2.99. The highest BCUT2D eigenvalue weighted by Gasteiger charge is 2.37. The lowest BCUT2D eigenvalue weighted by atomic mass is 9.89. The van der Waals surface area contributed by atoms with Gasteiger partial charge in [-0.1, -0.05) is 0 Å². The number of alkyl halides is 3. The van der Waals surface area contributed by atoms with Crippen LogP contribution in [0.2, 0.25) is 0 Å². The van der Waals surface area contributed by atoms with E-state index in [4.69, 9.17) is 5.73 Å². The van der Waals surface area contributed by atoms with Gasteiger partial charge >= 0.3 is 6.18 Å². The van der Waals surface area contributed by atoms with Gasteiger partial charge in [0.1, 0.15) is 0 Å². The van der Waals surface area contributed by atoms with Crippen LogP contribution in [0.25, 0.3) is 0 Å². The number of nitrogen functional groups attached to an aromatic ring is 1. The lowest BCUT2D eigenvalue weighted by Crippen LogP contribution is -2.40. The minimum Gasteiger partial charge on any atom is -0.375 e. The number of carbonyl (C=O) groups excluding carboxylic acids is 1. The van der Waals surface area contributed by atoms with E-state index >= 15 is 0 Å². The van der Waals surface area contributed by atoms with Crippen LogP contribution in [-0.2, 0) is 30.4 Å². The molecule has 0 radical (unpaired) electrons. The van der Waals surface area contributed by atoms with Gasteiger partial charge in [-0.25, -0.2) is 15.0 Å². The number of carbonyl (C=O) groups is 1. The Morgan fingerprint density at radius 2 is 2.12 bits per heavy atom. The van der Waals surface area contributed by atoms with Crippen molar-refractivity contribution in [3.8, 4) is 0 Å². The molecule has 0 spiro atoms. The smallest absolute Gasteiger partial charge is 0.375 e. The maximum atomic E-state index is 13.0. The Bertz CT molecular complexity index is 866. The van der Waals surface area contributed by atoms with Crippen LogP contribution in [0, 0.1) is 0 Å². The molecule has 0 aromatic carbocycles. The van der Waals surface area contributed by atoms with E-state index in [2.05, 4.69) is 15.0 Å². The molecule has 0 saturated carbocycles. The van der Waals surface area contributed by atoms with E-state index in [0.717, 1.165) is 23.4 Å². The Morgan fingerprint density at radius 1 is 1.31 bits per heavy atom. The van der Waals surface area contributed by atoms with Crippen molar-refractivity contribution >= 4 is 22.4 Å². The summed E-state index contributed by atoms with van der Waals surface area (Å²) in [5, 5.41) is 0.465. The summed E-state index contributed by atoms with van der Waals surface area (Å²) in [6, 6.07) is 0. The summed E-state index contributed by atoms with van der Waals surface area (Å²) in [5.41, 5.74) is 7.47. The molecule has 3 heterocycles. The minimum atomic E-state index is -4.56. The molecule has 1 aliphatic heterocycles. The molecule has 1 aliphatic carbocycles. The standard InChI is InChI=1S/C16H16F3N5OS/c17-16(18,19)14-21-6-8-7-24(5-4-10(8)22-14)13(25)9-2-1-3-11-12(9)23-15(20)26-11/h6,9H,1-5,7H2,(H2,20,23). The fourth-order valence-corrected chi connectivity index (χ4v) is 4.47. The number of thiazole rings is 1. The van der Waals surface area contributed by atoms with Gasteiger partial charge in [0.25, 0.3) is 0 Å². The first kappa shape index (κ1) is 17.2. The molecule has 1 amide bonds. The molecule has 1 unspecified atom stereocenters. The molecule has 0 fully saturated rings. The molecular weight excluding hydrogens is 367 g/mol. The summed E-state index contributed by atoms with van der Waals surface area (Å²) in [7, 11) is 0. The quantitative estimate of drug-likeness (QED) is 0.818. The van der Waals surface area contributed by atoms with E-state index in [1.54, 1.807) is 4.90 Å². The average molecular weight is 383 g/mol. The zero-order chi connectivity index (χ0) is 18.5. The number of nitrogens with zero attached hydrogens (tertiary/aromatic N) is 4. The van der Waals surface area contributed by atoms with Gasteiger partial charge in [0, 0.05) is 36.1 Å². The molecule has 2 N–H and O–H groups in total. The number of anilines is 1. The number of hydrogen-bond donors (Lipinski definition) is 1. The predicted octanol–water partition coefficient (Wildman–Crippen LogP) is 2.54. The first-order valence-corrected chi connectivity index (χ1v) is 9.10. The molecular formula is C16H16F3N5OS. The molecule has 26 heavy (non-hydrogen) atoms. The Labute approximate surface area is 151 Å². The highest BCUT2D eigenvalue weighted by molar-refractivity contribution is 7.15. The molecule has 2 aromatic rings. The third kappa shape index (κ3) is 3.02. The Kier molecular flexibility index (Phi) is 4.09. The van der Waals surface area contributed by atoms with Crippen molar-refractivity contribution < 1.29 is 18.0 Å². The van der Waals surface area contributed by atoms with Crippen LogP contribution in [-0.4, -0.2) is 32.3 Å². The molecule has 10 heteroatoms. The number of halogens is 3. The van der Waals surface area contributed by atoms with Crippen molar-refractivity contribution in [3.05, 3.63) is 33.8 Å². The van der Waals surface area contributed by atoms with E-state index in [-0.39, 0.29) is 24.8 Å². The lowest BCUT2D eigenvalue weighted by Gasteiger charge is -2.32. The molecule has 2 aliphatic rings. The van der Waals surface area contributed by atoms with Crippen molar-refractivity contribution in [3.63, 3.8) is 0 Å². The van der Waals surface area contributed by atoms with E-state index in [1.807, 2.05) is 0 Å². The van der Waals surface area contributed by atoms with Crippen LogP contribution in [0.3, 0.4) is 0 Å². The van der Waals surface area contributed by atoms with Crippen LogP contribution in [0.1, 0.15) is 46.4 Å². The molecule has 4 rings (SSSR count). The van der Waals surface area contributed by atoms with E-state index in [9.17, 15) is 18.0 Å². The van der Waals surface area contributed by atoms with E-state index in [1.165, 1.54) is 17.5 Å². The monoisotopic (exact) mass is 383 g/mol. The second-order valence-corrected chi connectivity index (χ2v) is 7.59.